The number of hydrogen-bond acceptors (Lipinski definition) is 3. The first-order chi connectivity index (χ1) is 9.91. The average molecular weight is 296 g/mol. The molecule has 0 spiro atoms. The van der Waals surface area contributed by atoms with E-state index in [0.717, 1.165) is 12.8 Å². The highest BCUT2D eigenvalue weighted by atomic mass is 16.5. The third kappa shape index (κ3) is 3.96. The van der Waals surface area contributed by atoms with Gasteiger partial charge < -0.3 is 15.0 Å². The second-order valence-corrected chi connectivity index (χ2v) is 7.01. The van der Waals surface area contributed by atoms with Gasteiger partial charge in [0.15, 0.2) is 0 Å². The molecule has 1 heterocycles. The largest absolute Gasteiger partial charge is 0.379 e. The molecular weight excluding hydrogens is 268 g/mol. The van der Waals surface area contributed by atoms with Crippen molar-refractivity contribution >= 4 is 11.8 Å². The van der Waals surface area contributed by atoms with Crippen LogP contribution < -0.4 is 5.32 Å². The van der Waals surface area contributed by atoms with E-state index in [2.05, 4.69) is 19.2 Å². The van der Waals surface area contributed by atoms with Crippen LogP contribution in [0.4, 0.5) is 0 Å². The maximum absolute atomic E-state index is 12.6. The van der Waals surface area contributed by atoms with Crippen LogP contribution in [0.25, 0.3) is 0 Å². The summed E-state index contributed by atoms with van der Waals surface area (Å²) in [6.07, 6.45) is 2.09. The zero-order chi connectivity index (χ0) is 15.6. The molecule has 21 heavy (non-hydrogen) atoms. The van der Waals surface area contributed by atoms with Crippen LogP contribution >= 0.6 is 0 Å². The van der Waals surface area contributed by atoms with Crippen LogP contribution in [0.15, 0.2) is 0 Å². The molecule has 1 aliphatic heterocycles. The summed E-state index contributed by atoms with van der Waals surface area (Å²) < 4.78 is 5.60. The normalized spacial score (nSPS) is 26.7. The highest BCUT2D eigenvalue weighted by Crippen LogP contribution is 2.37. The Labute approximate surface area is 127 Å². The molecule has 2 fully saturated rings. The van der Waals surface area contributed by atoms with E-state index in [-0.39, 0.29) is 23.8 Å². The summed E-state index contributed by atoms with van der Waals surface area (Å²) >= 11 is 0. The fraction of sp³-hybridized carbons (Fsp3) is 0.875. The Morgan fingerprint density at radius 2 is 1.90 bits per heavy atom. The van der Waals surface area contributed by atoms with E-state index < -0.39 is 6.04 Å². The SMILES string of the molecule is CC(C)COCCN1C(=O)C(C(C)C)NC(=O)C1C1CC1. The van der Waals surface area contributed by atoms with Gasteiger partial charge in [0.05, 0.1) is 6.61 Å². The molecular formula is C16H28N2O3. The number of rotatable bonds is 7. The lowest BCUT2D eigenvalue weighted by Gasteiger charge is -2.40. The van der Waals surface area contributed by atoms with Crippen LogP contribution in [0.1, 0.15) is 40.5 Å². The lowest BCUT2D eigenvalue weighted by molar-refractivity contribution is -0.152. The first-order valence-electron chi connectivity index (χ1n) is 8.10. The Hall–Kier alpha value is -1.10. The van der Waals surface area contributed by atoms with E-state index in [9.17, 15) is 9.59 Å². The zero-order valence-corrected chi connectivity index (χ0v) is 13.6. The lowest BCUT2D eigenvalue weighted by atomic mass is 9.96. The third-order valence-corrected chi connectivity index (χ3v) is 4.11. The number of nitrogens with one attached hydrogen (secondary N) is 1. The van der Waals surface area contributed by atoms with E-state index in [0.29, 0.717) is 31.6 Å². The molecule has 2 rings (SSSR count). The fourth-order valence-electron chi connectivity index (χ4n) is 2.82. The minimum absolute atomic E-state index is 0.0136. The maximum atomic E-state index is 12.6. The second kappa shape index (κ2) is 6.77. The monoisotopic (exact) mass is 296 g/mol. The Morgan fingerprint density at radius 3 is 2.43 bits per heavy atom. The van der Waals surface area contributed by atoms with Crippen molar-refractivity contribution < 1.29 is 14.3 Å². The summed E-state index contributed by atoms with van der Waals surface area (Å²) in [5.41, 5.74) is 0. The molecule has 0 aromatic rings. The van der Waals surface area contributed by atoms with Gasteiger partial charge in [-0.3, -0.25) is 9.59 Å². The number of hydrogen-bond donors (Lipinski definition) is 1. The van der Waals surface area contributed by atoms with Gasteiger partial charge in [-0.1, -0.05) is 27.7 Å². The highest BCUT2D eigenvalue weighted by Gasteiger charge is 2.48. The first-order valence-corrected chi connectivity index (χ1v) is 8.10. The van der Waals surface area contributed by atoms with Crippen molar-refractivity contribution in [3.8, 4) is 0 Å². The molecule has 2 unspecified atom stereocenters. The molecule has 1 N–H and O–H groups in total. The first kappa shape index (κ1) is 16.3. The molecule has 0 bridgehead atoms. The number of amides is 2. The quantitative estimate of drug-likeness (QED) is 0.723. The van der Waals surface area contributed by atoms with Gasteiger partial charge >= 0.3 is 0 Å². The standard InChI is InChI=1S/C16H28N2O3/c1-10(2)9-21-8-7-18-14(12-5-6-12)15(19)17-13(11(3)4)16(18)20/h10-14H,5-9H2,1-4H3,(H,17,19). The number of carbonyl (C=O) groups excluding carboxylic acids is 2. The molecule has 1 saturated carbocycles. The lowest BCUT2D eigenvalue weighted by Crippen LogP contribution is -2.65. The topological polar surface area (TPSA) is 58.6 Å². The van der Waals surface area contributed by atoms with Crippen LogP contribution in [0, 0.1) is 17.8 Å². The van der Waals surface area contributed by atoms with Gasteiger partial charge in [0.25, 0.3) is 0 Å². The Morgan fingerprint density at radius 1 is 1.24 bits per heavy atom. The predicted molar refractivity (Wildman–Crippen MR) is 80.7 cm³/mol. The molecule has 5 nitrogen and oxygen atoms in total. The molecule has 2 aliphatic rings. The zero-order valence-electron chi connectivity index (χ0n) is 13.6. The smallest absolute Gasteiger partial charge is 0.246 e. The van der Waals surface area contributed by atoms with Crippen LogP contribution in [0.2, 0.25) is 0 Å². The van der Waals surface area contributed by atoms with Crippen molar-refractivity contribution in [3.05, 3.63) is 0 Å². The molecule has 1 aliphatic carbocycles. The molecule has 120 valence electrons. The molecule has 2 atom stereocenters. The molecule has 2 amide bonds. The summed E-state index contributed by atoms with van der Waals surface area (Å²) in [5.74, 6) is 0.996. The van der Waals surface area contributed by atoms with Crippen molar-refractivity contribution in [2.75, 3.05) is 19.8 Å². The van der Waals surface area contributed by atoms with Crippen molar-refractivity contribution in [1.82, 2.24) is 10.2 Å². The van der Waals surface area contributed by atoms with Gasteiger partial charge in [-0.15, -0.1) is 0 Å². The van der Waals surface area contributed by atoms with Gasteiger partial charge in [-0.25, -0.2) is 0 Å². The maximum Gasteiger partial charge on any atom is 0.246 e. The Balaban J connectivity index is 2.00. The van der Waals surface area contributed by atoms with Crippen LogP contribution in [-0.4, -0.2) is 48.6 Å². The number of ether oxygens (including phenoxy) is 1. The molecule has 5 heteroatoms. The van der Waals surface area contributed by atoms with E-state index in [1.807, 2.05) is 13.8 Å². The third-order valence-electron chi connectivity index (χ3n) is 4.11. The van der Waals surface area contributed by atoms with E-state index >= 15 is 0 Å². The van der Waals surface area contributed by atoms with Gasteiger partial charge in [0, 0.05) is 13.2 Å². The van der Waals surface area contributed by atoms with E-state index in [1.54, 1.807) is 4.90 Å². The number of carbonyl (C=O) groups is 2. The van der Waals surface area contributed by atoms with Crippen molar-refractivity contribution in [2.45, 2.75) is 52.6 Å². The fourth-order valence-corrected chi connectivity index (χ4v) is 2.82. The van der Waals surface area contributed by atoms with Crippen LogP contribution in [-0.2, 0) is 14.3 Å². The molecule has 1 saturated heterocycles. The summed E-state index contributed by atoms with van der Waals surface area (Å²) in [6.45, 7) is 9.84. The average Bonchev–Trinajstić information content (AvgIpc) is 3.21. The Bertz CT molecular complexity index is 391. The van der Waals surface area contributed by atoms with Crippen LogP contribution in [0.3, 0.4) is 0 Å². The van der Waals surface area contributed by atoms with Crippen molar-refractivity contribution in [1.29, 1.82) is 0 Å². The molecule has 0 aromatic carbocycles. The van der Waals surface area contributed by atoms with Gasteiger partial charge in [0.1, 0.15) is 12.1 Å². The summed E-state index contributed by atoms with van der Waals surface area (Å²) in [4.78, 5) is 26.7. The van der Waals surface area contributed by atoms with Gasteiger partial charge in [0.2, 0.25) is 11.8 Å². The summed E-state index contributed by atoms with van der Waals surface area (Å²) in [5, 5.41) is 2.90. The van der Waals surface area contributed by atoms with Crippen molar-refractivity contribution in [3.63, 3.8) is 0 Å². The molecule has 0 radical (unpaired) electrons. The van der Waals surface area contributed by atoms with Gasteiger partial charge in [-0.2, -0.15) is 0 Å². The minimum atomic E-state index is -0.391. The molecule has 0 aromatic heterocycles. The number of nitrogens with zero attached hydrogens (tertiary/aromatic N) is 1. The number of piperazine rings is 1. The summed E-state index contributed by atoms with van der Waals surface area (Å²) in [7, 11) is 0. The summed E-state index contributed by atoms with van der Waals surface area (Å²) in [6, 6.07) is -0.673. The predicted octanol–water partition coefficient (Wildman–Crippen LogP) is 1.42. The van der Waals surface area contributed by atoms with Crippen molar-refractivity contribution in [2.24, 2.45) is 17.8 Å². The van der Waals surface area contributed by atoms with E-state index in [1.165, 1.54) is 0 Å². The van der Waals surface area contributed by atoms with Gasteiger partial charge in [-0.05, 0) is 30.6 Å². The minimum Gasteiger partial charge on any atom is -0.379 e. The highest BCUT2D eigenvalue weighted by molar-refractivity contribution is 5.97. The van der Waals surface area contributed by atoms with Crippen LogP contribution in [0.5, 0.6) is 0 Å². The van der Waals surface area contributed by atoms with E-state index in [4.69, 9.17) is 4.74 Å². The second-order valence-electron chi connectivity index (χ2n) is 7.01. The Kier molecular flexibility index (Phi) is 5.25.